The molecule has 2 aromatic rings. The van der Waals surface area contributed by atoms with Crippen LogP contribution in [0.15, 0.2) is 48.5 Å². The maximum absolute atomic E-state index is 12.0. The van der Waals surface area contributed by atoms with Gasteiger partial charge in [-0.2, -0.15) is 0 Å². The molecule has 0 saturated heterocycles. The van der Waals surface area contributed by atoms with Crippen molar-refractivity contribution in [1.82, 2.24) is 0 Å². The lowest BCUT2D eigenvalue weighted by molar-refractivity contribution is -0.156. The van der Waals surface area contributed by atoms with E-state index in [4.69, 9.17) is 25.8 Å². The third-order valence-electron chi connectivity index (χ3n) is 3.26. The highest BCUT2D eigenvalue weighted by molar-refractivity contribution is 6.33. The number of hydrogen-bond acceptors (Lipinski definition) is 5. The summed E-state index contributed by atoms with van der Waals surface area (Å²) in [6.07, 6.45) is -0.909. The molecule has 3 rings (SSSR count). The van der Waals surface area contributed by atoms with Crippen LogP contribution in [-0.4, -0.2) is 31.2 Å². The fourth-order valence-corrected chi connectivity index (χ4v) is 2.30. The molecule has 1 atom stereocenters. The van der Waals surface area contributed by atoms with Crippen LogP contribution < -0.4 is 14.8 Å². The quantitative estimate of drug-likeness (QED) is 0.861. The van der Waals surface area contributed by atoms with Crippen molar-refractivity contribution in [2.24, 2.45) is 0 Å². The number of para-hydroxylation sites is 3. The lowest BCUT2D eigenvalue weighted by Gasteiger charge is -2.24. The van der Waals surface area contributed by atoms with Crippen molar-refractivity contribution in [2.75, 3.05) is 18.5 Å². The third-order valence-corrected chi connectivity index (χ3v) is 3.59. The van der Waals surface area contributed by atoms with Crippen molar-refractivity contribution >= 4 is 29.2 Å². The predicted molar refractivity (Wildman–Crippen MR) is 87.4 cm³/mol. The average molecular weight is 348 g/mol. The molecule has 0 aliphatic carbocycles. The van der Waals surface area contributed by atoms with E-state index in [9.17, 15) is 9.59 Å². The average Bonchev–Trinajstić information content (AvgIpc) is 2.61. The van der Waals surface area contributed by atoms with Crippen LogP contribution in [0.4, 0.5) is 5.69 Å². The Kier molecular flexibility index (Phi) is 4.86. The number of carbonyl (C=O) groups excluding carboxylic acids is 2. The molecule has 1 aliphatic heterocycles. The van der Waals surface area contributed by atoms with Gasteiger partial charge in [-0.25, -0.2) is 4.79 Å². The van der Waals surface area contributed by atoms with Crippen molar-refractivity contribution < 1.29 is 23.8 Å². The summed E-state index contributed by atoms with van der Waals surface area (Å²) in [7, 11) is 0. The van der Waals surface area contributed by atoms with E-state index in [1.54, 1.807) is 48.5 Å². The summed E-state index contributed by atoms with van der Waals surface area (Å²) in [5, 5.41) is 2.96. The Balaban J connectivity index is 1.51. The van der Waals surface area contributed by atoms with Crippen LogP contribution in [0.1, 0.15) is 0 Å². The molecule has 0 fully saturated rings. The van der Waals surface area contributed by atoms with Crippen LogP contribution in [0.2, 0.25) is 5.02 Å². The molecule has 1 N–H and O–H groups in total. The van der Waals surface area contributed by atoms with Crippen LogP contribution in [0.25, 0.3) is 0 Å². The molecule has 0 bridgehead atoms. The summed E-state index contributed by atoms with van der Waals surface area (Å²) in [5.74, 6) is -0.128. The van der Waals surface area contributed by atoms with Crippen LogP contribution in [0, 0.1) is 0 Å². The molecule has 0 spiro atoms. The normalized spacial score (nSPS) is 15.5. The van der Waals surface area contributed by atoms with E-state index in [1.807, 2.05) is 0 Å². The van der Waals surface area contributed by atoms with Crippen molar-refractivity contribution in [3.63, 3.8) is 0 Å². The lowest BCUT2D eigenvalue weighted by Crippen LogP contribution is -2.39. The number of benzene rings is 2. The number of carbonyl (C=O) groups is 2. The van der Waals surface area contributed by atoms with Gasteiger partial charge in [0.05, 0.1) is 10.7 Å². The van der Waals surface area contributed by atoms with E-state index in [1.165, 1.54) is 0 Å². The van der Waals surface area contributed by atoms with Gasteiger partial charge in [0, 0.05) is 0 Å². The highest BCUT2D eigenvalue weighted by atomic mass is 35.5. The second-order valence-electron chi connectivity index (χ2n) is 5.00. The topological polar surface area (TPSA) is 73.9 Å². The molecule has 124 valence electrons. The number of rotatable bonds is 4. The molecular formula is C17H14ClNO5. The van der Waals surface area contributed by atoms with Gasteiger partial charge in [-0.05, 0) is 24.3 Å². The Hall–Kier alpha value is -2.73. The van der Waals surface area contributed by atoms with Gasteiger partial charge in [-0.15, -0.1) is 0 Å². The maximum Gasteiger partial charge on any atom is 0.351 e. The number of ether oxygens (including phenoxy) is 3. The molecular weight excluding hydrogens is 334 g/mol. The van der Waals surface area contributed by atoms with E-state index in [0.717, 1.165) is 0 Å². The Morgan fingerprint density at radius 2 is 1.83 bits per heavy atom. The minimum Gasteiger partial charge on any atom is -0.485 e. The number of amides is 1. The monoisotopic (exact) mass is 347 g/mol. The first-order valence-electron chi connectivity index (χ1n) is 7.23. The third kappa shape index (κ3) is 3.78. The lowest BCUT2D eigenvalue weighted by atomic mass is 10.2. The summed E-state index contributed by atoms with van der Waals surface area (Å²) in [6.45, 7) is -0.409. The van der Waals surface area contributed by atoms with Crippen molar-refractivity contribution in [1.29, 1.82) is 0 Å². The van der Waals surface area contributed by atoms with Gasteiger partial charge in [0.1, 0.15) is 6.61 Å². The summed E-state index contributed by atoms with van der Waals surface area (Å²) in [4.78, 5) is 23.8. The molecule has 1 amide bonds. The van der Waals surface area contributed by atoms with Crippen LogP contribution >= 0.6 is 11.6 Å². The van der Waals surface area contributed by atoms with E-state index in [2.05, 4.69) is 5.32 Å². The minimum absolute atomic E-state index is 0.0297. The van der Waals surface area contributed by atoms with Gasteiger partial charge in [-0.3, -0.25) is 4.79 Å². The SMILES string of the molecule is O=C(COC(=O)[C@@H]1COc2ccccc2O1)Nc1ccccc1Cl. The van der Waals surface area contributed by atoms with Gasteiger partial charge in [0.15, 0.2) is 18.1 Å². The number of nitrogens with one attached hydrogen (secondary N) is 1. The van der Waals surface area contributed by atoms with Crippen LogP contribution in [0.5, 0.6) is 11.5 Å². The first-order chi connectivity index (χ1) is 11.6. The van der Waals surface area contributed by atoms with E-state index in [0.29, 0.717) is 22.2 Å². The van der Waals surface area contributed by atoms with Crippen LogP contribution in [0.3, 0.4) is 0 Å². The van der Waals surface area contributed by atoms with E-state index >= 15 is 0 Å². The molecule has 0 saturated carbocycles. The zero-order valence-electron chi connectivity index (χ0n) is 12.5. The Labute approximate surface area is 143 Å². The summed E-state index contributed by atoms with van der Waals surface area (Å²) >= 11 is 5.94. The smallest absolute Gasteiger partial charge is 0.351 e. The zero-order chi connectivity index (χ0) is 16.9. The molecule has 1 aliphatic rings. The molecule has 24 heavy (non-hydrogen) atoms. The molecule has 6 nitrogen and oxygen atoms in total. The van der Waals surface area contributed by atoms with Gasteiger partial charge >= 0.3 is 5.97 Å². The molecule has 0 aromatic heterocycles. The summed E-state index contributed by atoms with van der Waals surface area (Å²) < 4.78 is 15.9. The van der Waals surface area contributed by atoms with Gasteiger partial charge in [-0.1, -0.05) is 35.9 Å². The zero-order valence-corrected chi connectivity index (χ0v) is 13.3. The number of hydrogen-bond donors (Lipinski definition) is 1. The molecule has 2 aromatic carbocycles. The van der Waals surface area contributed by atoms with E-state index in [-0.39, 0.29) is 6.61 Å². The minimum atomic E-state index is -0.909. The van der Waals surface area contributed by atoms with Gasteiger partial charge in [0.25, 0.3) is 5.91 Å². The molecule has 1 heterocycles. The first-order valence-corrected chi connectivity index (χ1v) is 7.61. The fraction of sp³-hybridized carbons (Fsp3) is 0.176. The predicted octanol–water partition coefficient (Wildman–Crippen LogP) is 2.66. The Morgan fingerprint density at radius 3 is 2.62 bits per heavy atom. The first kappa shape index (κ1) is 16.1. The van der Waals surface area contributed by atoms with Crippen LogP contribution in [-0.2, 0) is 14.3 Å². The highest BCUT2D eigenvalue weighted by Crippen LogP contribution is 2.31. The summed E-state index contributed by atoms with van der Waals surface area (Å²) in [5.41, 5.74) is 0.450. The number of fused-ring (bicyclic) bond motifs is 1. The molecule has 7 heteroatoms. The van der Waals surface area contributed by atoms with Gasteiger partial charge in [0.2, 0.25) is 6.10 Å². The molecule has 0 radical (unpaired) electrons. The van der Waals surface area contributed by atoms with Crippen molar-refractivity contribution in [3.8, 4) is 11.5 Å². The standard InChI is InChI=1S/C17H14ClNO5/c18-11-5-1-2-6-12(11)19-16(20)10-23-17(21)15-9-22-13-7-3-4-8-14(13)24-15/h1-8,15H,9-10H2,(H,19,20)/t15-/m0/s1. The molecule has 0 unspecified atom stereocenters. The fourth-order valence-electron chi connectivity index (χ4n) is 2.11. The largest absolute Gasteiger partial charge is 0.485 e. The second-order valence-corrected chi connectivity index (χ2v) is 5.41. The maximum atomic E-state index is 12.0. The number of esters is 1. The number of halogens is 1. The Morgan fingerprint density at radius 1 is 1.12 bits per heavy atom. The van der Waals surface area contributed by atoms with Crippen molar-refractivity contribution in [2.45, 2.75) is 6.10 Å². The second kappa shape index (κ2) is 7.23. The van der Waals surface area contributed by atoms with Crippen molar-refractivity contribution in [3.05, 3.63) is 53.6 Å². The van der Waals surface area contributed by atoms with E-state index < -0.39 is 24.6 Å². The van der Waals surface area contributed by atoms with Gasteiger partial charge < -0.3 is 19.5 Å². The number of anilines is 1. The Bertz CT molecular complexity index is 764. The highest BCUT2D eigenvalue weighted by Gasteiger charge is 2.29. The summed E-state index contributed by atoms with van der Waals surface area (Å²) in [6, 6.07) is 13.8.